The number of nitrogens with zero attached hydrogens (tertiary/aromatic N) is 2. The van der Waals surface area contributed by atoms with Gasteiger partial charge in [0.15, 0.2) is 0 Å². The summed E-state index contributed by atoms with van der Waals surface area (Å²) in [5.74, 6) is 0. The first-order valence-electron chi connectivity index (χ1n) is 29.4. The molecule has 36 rings (SSSR count). The topological polar surface area (TPSA) is 6.48 Å². The smallest absolute Gasteiger partial charge is 0.0538 e. The van der Waals surface area contributed by atoms with Gasteiger partial charge in [-0.15, -0.1) is 0 Å². The summed E-state index contributed by atoms with van der Waals surface area (Å²) >= 11 is 0. The molecule has 2 heteroatoms. The van der Waals surface area contributed by atoms with E-state index in [1.54, 1.807) is 275 Å². The number of hydrogen-bond donors (Lipinski definition) is 0. The van der Waals surface area contributed by atoms with E-state index in [1.165, 1.54) is 0 Å². The van der Waals surface area contributed by atoms with Crippen LogP contribution in [0, 0.1) is 0 Å². The lowest BCUT2D eigenvalue weighted by molar-refractivity contribution is 0.234. The fourth-order valence-electron chi connectivity index (χ4n) is 29.8. The zero-order valence-electron chi connectivity index (χ0n) is 40.2. The molecule has 26 aromatic carbocycles. The lowest BCUT2D eigenvalue weighted by Gasteiger charge is -2.56. The van der Waals surface area contributed by atoms with E-state index in [0.717, 1.165) is 26.2 Å². The standard InChI is InChI=1S/C74H20N2/c1-3-75-9-71-62-51-41-31-21-15-13-14-19-25(21)35(41)45-37-27(19)28-20(14)26-22-16(13)18-17(15)23-29-30-24(18)34-32(22)42-36(26)46-38(28)48-47(37)57(55(45)62)66-67-58(48)56(46)63-52(42)54-44(34)40(30)50-49-39(29)43(33(23)31)53(51)64(71)59(49)61-60(50)65(54)72(63)10-76(4-2)70-12-8-6-5-7-11(12)69(75)73(66,71)68(61)74(67,70)72/h5-8,69-70H,3-4,9-10H2,1-2H3/t69-,70-,71?,72?,73?,74?/m0/s1. The van der Waals surface area contributed by atoms with Gasteiger partial charge in [-0.05, 0) is 327 Å². The maximum atomic E-state index is 3.17. The summed E-state index contributed by atoms with van der Waals surface area (Å²) in [7, 11) is 0. The van der Waals surface area contributed by atoms with E-state index in [0.29, 0.717) is 0 Å². The van der Waals surface area contributed by atoms with E-state index in [9.17, 15) is 0 Å². The second kappa shape index (κ2) is 6.58. The summed E-state index contributed by atoms with van der Waals surface area (Å²) < 4.78 is 0. The molecule has 2 bridgehead atoms. The SMILES string of the molecule is CCN1CC23c4c5c6c7c8c9c%10c%11c%12c%13c%14c(c%15c%16c2c2c4c4c%17c5c7c5c9c7c9c%10c%10c%12c%12c%13c%15c%13c%16c%15c2c2c4c4c%17c5c7c5c4c4c2c%15c2c%13c%12c7c%10c9c5c4c27)C32C=6C%143[C@H](c4ccccc4[C@H]12)N(CC)CC8%113. The van der Waals surface area contributed by atoms with Gasteiger partial charge in [0, 0.05) is 25.2 Å². The van der Waals surface area contributed by atoms with Crippen LogP contribution < -0.4 is 5.22 Å². The molecule has 26 aromatic rings. The quantitative estimate of drug-likeness (QED) is 0.159. The van der Waals surface area contributed by atoms with E-state index < -0.39 is 0 Å². The highest BCUT2D eigenvalue weighted by Gasteiger charge is 2.88. The first-order chi connectivity index (χ1) is 37.8. The first-order valence-corrected chi connectivity index (χ1v) is 29.4. The van der Waals surface area contributed by atoms with Gasteiger partial charge in [-0.3, -0.25) is 9.80 Å². The highest BCUT2D eigenvalue weighted by Crippen LogP contribution is 2.93. The van der Waals surface area contributed by atoms with Gasteiger partial charge in [0.2, 0.25) is 0 Å². The molecule has 0 N–H and O–H groups in total. The lowest BCUT2D eigenvalue weighted by Crippen LogP contribution is -2.59. The third-order valence-electron chi connectivity index (χ3n) is 29.5. The number of hydrogen-bond acceptors (Lipinski definition) is 2. The van der Waals surface area contributed by atoms with E-state index in [4.69, 9.17) is 0 Å². The van der Waals surface area contributed by atoms with Crippen LogP contribution in [0.3, 0.4) is 0 Å². The molecule has 2 aliphatic heterocycles. The average molecular weight is 937 g/mol. The summed E-state index contributed by atoms with van der Waals surface area (Å²) in [6.07, 6.45) is 0. The first kappa shape index (κ1) is 29.2. The maximum Gasteiger partial charge on any atom is 0.0538 e. The third-order valence-corrected chi connectivity index (χ3v) is 29.5. The van der Waals surface area contributed by atoms with E-state index in [2.05, 4.69) is 47.9 Å². The number of fused-ring (bicyclic) bond motifs is 3. The molecule has 4 unspecified atom stereocenters. The molecular formula is C74H20N2. The Balaban J connectivity index is 1.14. The predicted octanol–water partition coefficient (Wildman–Crippen LogP) is 16.5. The maximum absolute atomic E-state index is 3.17. The van der Waals surface area contributed by atoms with E-state index >= 15 is 0 Å². The summed E-state index contributed by atoms with van der Waals surface area (Å²) in [6.45, 7) is 9.51. The van der Waals surface area contributed by atoms with Crippen molar-refractivity contribution in [1.29, 1.82) is 0 Å². The molecule has 2 fully saturated rings. The second-order valence-corrected chi connectivity index (χ2v) is 29.0. The van der Waals surface area contributed by atoms with E-state index in [-0.39, 0.29) is 33.7 Å². The number of rotatable bonds is 2. The minimum Gasteiger partial charge on any atom is -0.294 e. The third kappa shape index (κ3) is 1.49. The van der Waals surface area contributed by atoms with Crippen LogP contribution in [0.25, 0.3) is 264 Å². The van der Waals surface area contributed by atoms with Gasteiger partial charge in [-0.2, -0.15) is 0 Å². The molecule has 0 radical (unpaired) electrons. The molecule has 326 valence electrons. The minimum atomic E-state index is -0.256. The fourth-order valence-corrected chi connectivity index (χ4v) is 29.8. The molecule has 8 aliphatic carbocycles. The van der Waals surface area contributed by atoms with Gasteiger partial charge in [-0.1, -0.05) is 38.1 Å². The van der Waals surface area contributed by atoms with Crippen molar-refractivity contribution >= 4 is 264 Å². The van der Waals surface area contributed by atoms with Gasteiger partial charge in [0.05, 0.1) is 21.7 Å². The monoisotopic (exact) mass is 936 g/mol. The molecule has 2 saturated heterocycles. The van der Waals surface area contributed by atoms with Crippen LogP contribution in [0.2, 0.25) is 0 Å². The highest BCUT2D eigenvalue weighted by atomic mass is 15.3. The van der Waals surface area contributed by atoms with Gasteiger partial charge >= 0.3 is 0 Å². The molecule has 0 aromatic heterocycles. The molecule has 10 aliphatic rings. The van der Waals surface area contributed by atoms with Crippen LogP contribution in [0.15, 0.2) is 24.3 Å². The lowest BCUT2D eigenvalue weighted by atomic mass is 9.43. The van der Waals surface area contributed by atoms with Crippen LogP contribution in [-0.2, 0) is 21.7 Å². The Morgan fingerprint density at radius 2 is 0.500 bits per heavy atom. The molecule has 2 heterocycles. The second-order valence-electron chi connectivity index (χ2n) is 29.0. The van der Waals surface area contributed by atoms with Gasteiger partial charge in [-0.25, -0.2) is 0 Å². The largest absolute Gasteiger partial charge is 0.294 e. The average Bonchev–Trinajstić information content (AvgIpc) is 1.77. The summed E-state index contributed by atoms with van der Waals surface area (Å²) in [6, 6.07) is 10.9. The molecule has 76 heavy (non-hydrogen) atoms. The van der Waals surface area contributed by atoms with Crippen molar-refractivity contribution in [2.24, 2.45) is 0 Å². The Morgan fingerprint density at radius 1 is 0.289 bits per heavy atom. The van der Waals surface area contributed by atoms with Crippen LogP contribution in [0.5, 0.6) is 0 Å². The van der Waals surface area contributed by atoms with Crippen LogP contribution in [0.4, 0.5) is 0 Å². The fraction of sp³-hybridized carbons (Fsp3) is 0.162. The van der Waals surface area contributed by atoms with Crippen LogP contribution >= 0.6 is 0 Å². The van der Waals surface area contributed by atoms with Gasteiger partial charge in [0.1, 0.15) is 0 Å². The predicted molar refractivity (Wildman–Crippen MR) is 314 cm³/mol. The Kier molecular flexibility index (Phi) is 2.53. The van der Waals surface area contributed by atoms with Crippen molar-refractivity contribution in [3.63, 3.8) is 0 Å². The van der Waals surface area contributed by atoms with E-state index in [1.807, 2.05) is 39.0 Å². The van der Waals surface area contributed by atoms with Crippen LogP contribution in [-0.4, -0.2) is 36.0 Å². The summed E-state index contributed by atoms with van der Waals surface area (Å²) in [5, 5.41) is 84.1. The zero-order valence-corrected chi connectivity index (χ0v) is 40.2. The highest BCUT2D eigenvalue weighted by molar-refractivity contribution is 6.80. The Bertz CT molecular complexity index is 7330. The Hall–Kier alpha value is -8.14. The Labute approximate surface area is 419 Å². The van der Waals surface area contributed by atoms with Crippen LogP contribution in [0.1, 0.15) is 70.4 Å². The van der Waals surface area contributed by atoms with Crippen molar-refractivity contribution in [2.75, 3.05) is 26.2 Å². The minimum absolute atomic E-state index is 0.219. The Morgan fingerprint density at radius 3 is 0.750 bits per heavy atom. The molecule has 2 nitrogen and oxygen atoms in total. The molecule has 0 saturated carbocycles. The van der Waals surface area contributed by atoms with Gasteiger partial charge < -0.3 is 0 Å². The number of benzene rings is 17. The zero-order chi connectivity index (χ0) is 45.5. The van der Waals surface area contributed by atoms with Crippen molar-refractivity contribution < 1.29 is 0 Å². The molecular weight excluding hydrogens is 917 g/mol. The van der Waals surface area contributed by atoms with Crippen molar-refractivity contribution in [2.45, 2.75) is 47.6 Å². The number of likely N-dealkylation sites (N-methyl/N-ethyl adjacent to an activating group) is 2. The van der Waals surface area contributed by atoms with Gasteiger partial charge in [0.25, 0.3) is 0 Å². The van der Waals surface area contributed by atoms with Crippen molar-refractivity contribution in [1.82, 2.24) is 9.80 Å². The molecule has 0 amide bonds. The molecule has 4 spiro atoms. The van der Waals surface area contributed by atoms with Crippen molar-refractivity contribution in [3.8, 4) is 0 Å². The number of likely N-dealkylation sites (tertiary alicyclic amines) is 2. The summed E-state index contributed by atoms with van der Waals surface area (Å²) in [4.78, 5) is 6.33. The van der Waals surface area contributed by atoms with Crippen molar-refractivity contribution in [3.05, 3.63) is 74.0 Å². The normalized spacial score (nSPS) is 29.8. The molecule has 6 atom stereocenters. The summed E-state index contributed by atoms with van der Waals surface area (Å²) in [5.41, 5.74) is 15.5.